The molecule has 0 spiro atoms. The van der Waals surface area contributed by atoms with Crippen LogP contribution in [0.25, 0.3) is 16.8 Å². The molecule has 2 aromatic heterocycles. The molecule has 3 rings (SSSR count). The van der Waals surface area contributed by atoms with E-state index in [1.807, 2.05) is 0 Å². The molecule has 3 aromatic rings. The Labute approximate surface area is 117 Å². The molecular weight excluding hydrogens is 281 g/mol. The first kappa shape index (κ1) is 13.4. The van der Waals surface area contributed by atoms with Crippen molar-refractivity contribution >= 4 is 11.8 Å². The topological polar surface area (TPSA) is 34.4 Å². The summed E-state index contributed by atoms with van der Waals surface area (Å²) in [6.45, 7) is 0. The minimum absolute atomic E-state index is 0.209. The van der Waals surface area contributed by atoms with Gasteiger partial charge in [-0.05, 0) is 24.3 Å². The van der Waals surface area contributed by atoms with Gasteiger partial charge in [0.15, 0.2) is 12.1 Å². The second-order valence-electron chi connectivity index (χ2n) is 4.47. The number of benzene rings is 1. The number of pyridine rings is 1. The minimum atomic E-state index is -4.37. The smallest absolute Gasteiger partial charge is 0.297 e. The zero-order valence-corrected chi connectivity index (χ0v) is 10.6. The molecule has 1 aromatic carbocycles. The van der Waals surface area contributed by atoms with Crippen molar-refractivity contribution in [3.05, 3.63) is 60.0 Å². The Bertz CT molecular complexity index is 804. The Balaban J connectivity index is 2.15. The quantitative estimate of drug-likeness (QED) is 0.672. The highest BCUT2D eigenvalue weighted by Crippen LogP contribution is 2.31. The highest BCUT2D eigenvalue weighted by Gasteiger charge is 2.30. The second kappa shape index (κ2) is 4.73. The normalized spacial score (nSPS) is 11.8. The molecule has 0 N–H and O–H groups in total. The van der Waals surface area contributed by atoms with Crippen LogP contribution in [0.1, 0.15) is 16.2 Å². The number of rotatable bonds is 2. The first-order valence-electron chi connectivity index (χ1n) is 6.10. The van der Waals surface area contributed by atoms with Gasteiger partial charge in [-0.15, -0.1) is 0 Å². The highest BCUT2D eigenvalue weighted by molar-refractivity contribution is 5.83. The molecule has 2 heterocycles. The number of hydrogen-bond acceptors (Lipinski definition) is 2. The van der Waals surface area contributed by atoms with Gasteiger partial charge in [-0.1, -0.05) is 18.2 Å². The number of imidazole rings is 1. The van der Waals surface area contributed by atoms with Crippen LogP contribution in [0.4, 0.5) is 13.2 Å². The molecule has 6 heteroatoms. The summed E-state index contributed by atoms with van der Waals surface area (Å²) in [4.78, 5) is 15.2. The zero-order chi connectivity index (χ0) is 15.0. The van der Waals surface area contributed by atoms with Crippen LogP contribution in [0.2, 0.25) is 0 Å². The molecule has 0 saturated heterocycles. The van der Waals surface area contributed by atoms with Crippen LogP contribution in [0.5, 0.6) is 0 Å². The van der Waals surface area contributed by atoms with Crippen LogP contribution in [0, 0.1) is 0 Å². The molecule has 106 valence electrons. The van der Waals surface area contributed by atoms with Crippen LogP contribution >= 0.6 is 0 Å². The zero-order valence-electron chi connectivity index (χ0n) is 10.6. The molecule has 0 aliphatic carbocycles. The molecule has 0 atom stereocenters. The SMILES string of the molecule is O=Cc1nc(-c2ccc(C(F)(F)F)cc2)c2ccccn12. The van der Waals surface area contributed by atoms with Crippen molar-refractivity contribution in [3.8, 4) is 11.3 Å². The van der Waals surface area contributed by atoms with Crippen molar-refractivity contribution in [1.29, 1.82) is 0 Å². The van der Waals surface area contributed by atoms with Crippen molar-refractivity contribution < 1.29 is 18.0 Å². The van der Waals surface area contributed by atoms with Crippen LogP contribution in [-0.2, 0) is 6.18 Å². The van der Waals surface area contributed by atoms with Gasteiger partial charge in [0.2, 0.25) is 0 Å². The van der Waals surface area contributed by atoms with Gasteiger partial charge in [0.25, 0.3) is 0 Å². The van der Waals surface area contributed by atoms with E-state index in [2.05, 4.69) is 4.98 Å². The number of carbonyl (C=O) groups is 1. The maximum atomic E-state index is 12.6. The maximum Gasteiger partial charge on any atom is 0.416 e. The molecule has 21 heavy (non-hydrogen) atoms. The first-order chi connectivity index (χ1) is 10.0. The summed E-state index contributed by atoms with van der Waals surface area (Å²) < 4.78 is 39.3. The lowest BCUT2D eigenvalue weighted by atomic mass is 10.1. The van der Waals surface area contributed by atoms with Gasteiger partial charge in [0.05, 0.1) is 16.8 Å². The largest absolute Gasteiger partial charge is 0.416 e. The van der Waals surface area contributed by atoms with Crippen molar-refractivity contribution in [1.82, 2.24) is 9.38 Å². The van der Waals surface area contributed by atoms with Crippen LogP contribution in [0.15, 0.2) is 48.7 Å². The first-order valence-corrected chi connectivity index (χ1v) is 6.10. The number of halogens is 3. The predicted molar refractivity (Wildman–Crippen MR) is 71.0 cm³/mol. The van der Waals surface area contributed by atoms with E-state index in [1.54, 1.807) is 28.8 Å². The van der Waals surface area contributed by atoms with Crippen LogP contribution < -0.4 is 0 Å². The third kappa shape index (κ3) is 2.29. The number of alkyl halides is 3. The van der Waals surface area contributed by atoms with Crippen molar-refractivity contribution in [2.75, 3.05) is 0 Å². The molecular formula is C15H9F3N2O. The Morgan fingerprint density at radius 2 is 1.76 bits per heavy atom. The average molecular weight is 290 g/mol. The van der Waals surface area contributed by atoms with Gasteiger partial charge in [0, 0.05) is 11.8 Å². The molecule has 3 nitrogen and oxygen atoms in total. The number of aldehydes is 1. The number of aromatic nitrogens is 2. The monoisotopic (exact) mass is 290 g/mol. The molecule has 0 amide bonds. The van der Waals surface area contributed by atoms with E-state index in [0.717, 1.165) is 12.1 Å². The fraction of sp³-hybridized carbons (Fsp3) is 0.0667. The summed E-state index contributed by atoms with van der Waals surface area (Å²) in [5.74, 6) is 0.209. The van der Waals surface area contributed by atoms with E-state index >= 15 is 0 Å². The third-order valence-electron chi connectivity index (χ3n) is 3.17. The number of hydrogen-bond donors (Lipinski definition) is 0. The molecule has 0 unspecified atom stereocenters. The summed E-state index contributed by atoms with van der Waals surface area (Å²) in [6.07, 6.45) is -2.08. The lowest BCUT2D eigenvalue weighted by Gasteiger charge is -2.06. The van der Waals surface area contributed by atoms with E-state index in [-0.39, 0.29) is 5.82 Å². The van der Waals surface area contributed by atoms with Crippen LogP contribution in [0.3, 0.4) is 0 Å². The van der Waals surface area contributed by atoms with Crippen molar-refractivity contribution in [3.63, 3.8) is 0 Å². The van der Waals surface area contributed by atoms with Gasteiger partial charge < -0.3 is 0 Å². The summed E-state index contributed by atoms with van der Waals surface area (Å²) in [6, 6.07) is 10.00. The van der Waals surface area contributed by atoms with Gasteiger partial charge in [-0.25, -0.2) is 4.98 Å². The van der Waals surface area contributed by atoms with Crippen LogP contribution in [-0.4, -0.2) is 15.7 Å². The van der Waals surface area contributed by atoms with Crippen molar-refractivity contribution in [2.24, 2.45) is 0 Å². The van der Waals surface area contributed by atoms with Gasteiger partial charge in [-0.2, -0.15) is 13.2 Å². The standard InChI is InChI=1S/C15H9F3N2O/c16-15(17,18)11-6-4-10(5-7-11)14-12-3-1-2-8-20(12)13(9-21)19-14/h1-9H. The number of nitrogens with zero attached hydrogens (tertiary/aromatic N) is 2. The Morgan fingerprint density at radius 1 is 1.05 bits per heavy atom. The summed E-state index contributed by atoms with van der Waals surface area (Å²) in [7, 11) is 0. The molecule has 0 fully saturated rings. The predicted octanol–water partition coefficient (Wildman–Crippen LogP) is 3.83. The maximum absolute atomic E-state index is 12.6. The van der Waals surface area contributed by atoms with E-state index < -0.39 is 11.7 Å². The van der Waals surface area contributed by atoms with E-state index in [9.17, 15) is 18.0 Å². The average Bonchev–Trinajstić information content (AvgIpc) is 2.85. The van der Waals surface area contributed by atoms with Crippen molar-refractivity contribution in [2.45, 2.75) is 6.18 Å². The van der Waals surface area contributed by atoms with Gasteiger partial charge in [-0.3, -0.25) is 9.20 Å². The Morgan fingerprint density at radius 3 is 2.38 bits per heavy atom. The fourth-order valence-electron chi connectivity index (χ4n) is 2.17. The Kier molecular flexibility index (Phi) is 3.01. The lowest BCUT2D eigenvalue weighted by Crippen LogP contribution is -2.04. The van der Waals surface area contributed by atoms with Gasteiger partial charge in [0.1, 0.15) is 0 Å². The third-order valence-corrected chi connectivity index (χ3v) is 3.17. The highest BCUT2D eigenvalue weighted by atomic mass is 19.4. The van der Waals surface area contributed by atoms with E-state index in [1.165, 1.54) is 12.1 Å². The summed E-state index contributed by atoms with van der Waals surface area (Å²) in [5.41, 5.74) is 0.955. The minimum Gasteiger partial charge on any atom is -0.297 e. The van der Waals surface area contributed by atoms with E-state index in [4.69, 9.17) is 0 Å². The summed E-state index contributed by atoms with van der Waals surface area (Å²) in [5, 5.41) is 0. The van der Waals surface area contributed by atoms with Gasteiger partial charge >= 0.3 is 6.18 Å². The lowest BCUT2D eigenvalue weighted by molar-refractivity contribution is -0.137. The van der Waals surface area contributed by atoms with E-state index in [0.29, 0.717) is 23.1 Å². The second-order valence-corrected chi connectivity index (χ2v) is 4.47. The molecule has 0 bridgehead atoms. The molecule has 0 radical (unpaired) electrons. The fourth-order valence-corrected chi connectivity index (χ4v) is 2.17. The molecule has 0 saturated carbocycles. The molecule has 0 aliphatic heterocycles. The summed E-state index contributed by atoms with van der Waals surface area (Å²) >= 11 is 0. The molecule has 0 aliphatic rings. The number of carbonyl (C=O) groups excluding carboxylic acids is 1. The Hall–Kier alpha value is -2.63. The number of fused-ring (bicyclic) bond motifs is 1.